The summed E-state index contributed by atoms with van der Waals surface area (Å²) in [6.07, 6.45) is 9.74. The number of likely N-dealkylation sites (tertiary alicyclic amines) is 2. The molecule has 320 valence electrons. The summed E-state index contributed by atoms with van der Waals surface area (Å²) in [5, 5.41) is 18.1. The minimum absolute atomic E-state index is 0.0137. The van der Waals surface area contributed by atoms with Crippen molar-refractivity contribution in [2.24, 2.45) is 5.41 Å². The normalized spacial score (nSPS) is 20.6. The zero-order valence-corrected chi connectivity index (χ0v) is 35.0. The Morgan fingerprint density at radius 3 is 2.36 bits per heavy atom. The number of carbonyl (C=O) groups excluding carboxylic acids is 4. The second-order valence-electron chi connectivity index (χ2n) is 17.1. The summed E-state index contributed by atoms with van der Waals surface area (Å²) in [7, 11) is 0. The van der Waals surface area contributed by atoms with Crippen LogP contribution in [-0.2, 0) is 16.1 Å². The van der Waals surface area contributed by atoms with Gasteiger partial charge in [-0.25, -0.2) is 19.6 Å². The van der Waals surface area contributed by atoms with Crippen LogP contribution in [0, 0.1) is 17.3 Å². The van der Waals surface area contributed by atoms with Gasteiger partial charge in [0.1, 0.15) is 17.6 Å². The molecule has 7 rings (SSSR count). The maximum Gasteiger partial charge on any atom is 0.408 e. The van der Waals surface area contributed by atoms with Gasteiger partial charge in [-0.1, -0.05) is 66.4 Å². The van der Waals surface area contributed by atoms with Crippen LogP contribution in [0.1, 0.15) is 117 Å². The Hall–Kier alpha value is -6.27. The maximum atomic E-state index is 14.4. The molecule has 2 aromatic heterocycles. The van der Waals surface area contributed by atoms with E-state index in [0.717, 1.165) is 49.8 Å². The van der Waals surface area contributed by atoms with E-state index >= 15 is 0 Å². The highest BCUT2D eigenvalue weighted by Crippen LogP contribution is 2.36. The number of rotatable bonds is 11. The summed E-state index contributed by atoms with van der Waals surface area (Å²) in [6, 6.07) is 16.0. The quantitative estimate of drug-likeness (QED) is 0.117. The van der Waals surface area contributed by atoms with Crippen molar-refractivity contribution < 1.29 is 29.0 Å². The molecule has 0 unspecified atom stereocenters. The average molecular weight is 830 g/mol. The molecule has 1 saturated carbocycles. The zero-order chi connectivity index (χ0) is 42.9. The number of hydrogen-bond donors (Lipinski definition) is 5. The summed E-state index contributed by atoms with van der Waals surface area (Å²) in [5.74, 6) is 6.51. The molecule has 4 aromatic rings. The van der Waals surface area contributed by atoms with E-state index < -0.39 is 12.1 Å². The lowest BCUT2D eigenvalue weighted by molar-refractivity contribution is -0.134. The van der Waals surface area contributed by atoms with Crippen molar-refractivity contribution in [1.29, 1.82) is 0 Å². The topological polar surface area (TPSA) is 195 Å². The van der Waals surface area contributed by atoms with Gasteiger partial charge in [-0.3, -0.25) is 14.6 Å². The second kappa shape index (κ2) is 19.4. The van der Waals surface area contributed by atoms with Gasteiger partial charge in [0.05, 0.1) is 48.7 Å². The Morgan fingerprint density at radius 1 is 0.885 bits per heavy atom. The number of aromatic amines is 1. The lowest BCUT2D eigenvalue weighted by Gasteiger charge is -2.30. The molecule has 3 atom stereocenters. The number of nitrogens with one attached hydrogen (secondary N) is 4. The third-order valence-electron chi connectivity index (χ3n) is 11.5. The highest BCUT2D eigenvalue weighted by molar-refractivity contribution is 5.92. The Balaban J connectivity index is 0.934. The molecular weight excluding hydrogens is 775 g/mol. The first-order valence-corrected chi connectivity index (χ1v) is 21.2. The third kappa shape index (κ3) is 11.1. The Labute approximate surface area is 356 Å². The number of hydrogen-bond acceptors (Lipinski definition) is 9. The lowest BCUT2D eigenvalue weighted by atomic mass is 9.81. The second-order valence-corrected chi connectivity index (χ2v) is 17.1. The molecule has 15 heteroatoms. The number of urea groups is 1. The van der Waals surface area contributed by atoms with Gasteiger partial charge in [0.15, 0.2) is 6.61 Å². The van der Waals surface area contributed by atoms with Gasteiger partial charge in [0, 0.05) is 31.1 Å². The average Bonchev–Trinajstić information content (AvgIpc) is 4.07. The van der Waals surface area contributed by atoms with E-state index in [1.165, 1.54) is 18.0 Å². The van der Waals surface area contributed by atoms with Gasteiger partial charge >= 0.3 is 12.1 Å². The van der Waals surface area contributed by atoms with Crippen molar-refractivity contribution >= 4 is 23.9 Å². The number of benzene rings is 2. The Kier molecular flexibility index (Phi) is 13.6. The van der Waals surface area contributed by atoms with Crippen LogP contribution in [0.3, 0.4) is 0 Å². The lowest BCUT2D eigenvalue weighted by Crippen LogP contribution is -2.48. The molecule has 1 aliphatic carbocycles. The standard InChI is InChI=1S/C46H55N9O6/c1-46(2,3)21-8-24-61-45(60)51-35-20-23-54(28-35)44(59)53-40(33-9-5-4-6-10-33)43(58)55-22-7-11-39(55)41-49-26-37(52-41)32-14-12-30(13-15-32)31-16-18-34(19-17-31)50-42(57)38-27-47-36(29-56)25-48-38/h4-6,9-10,12-15,25-27,31,34-35,39-40,56H,7,11,16-20,22-24,28-29H2,1-3H3,(H,49,52)(H,50,57)(H,51,60)(H,53,59)/t31?,34?,35-,39+,40-/m1/s1. The van der Waals surface area contributed by atoms with Gasteiger partial charge in [0.25, 0.3) is 5.91 Å². The number of H-pyrrole nitrogens is 1. The van der Waals surface area contributed by atoms with Gasteiger partial charge in [-0.15, -0.1) is 0 Å². The highest BCUT2D eigenvalue weighted by atomic mass is 16.5. The summed E-state index contributed by atoms with van der Waals surface area (Å²) in [4.78, 5) is 73.0. The van der Waals surface area contributed by atoms with E-state index in [0.29, 0.717) is 42.5 Å². The smallest absolute Gasteiger partial charge is 0.408 e. The van der Waals surface area contributed by atoms with Crippen LogP contribution in [0.2, 0.25) is 0 Å². The minimum Gasteiger partial charge on any atom is -0.436 e. The van der Waals surface area contributed by atoms with E-state index in [2.05, 4.69) is 67.0 Å². The first-order valence-electron chi connectivity index (χ1n) is 21.2. The van der Waals surface area contributed by atoms with Crippen molar-refractivity contribution in [3.63, 3.8) is 0 Å². The molecular formula is C46H55N9O6. The molecule has 2 aromatic carbocycles. The fourth-order valence-electron chi connectivity index (χ4n) is 8.27. The summed E-state index contributed by atoms with van der Waals surface area (Å²) >= 11 is 0. The minimum atomic E-state index is -0.917. The van der Waals surface area contributed by atoms with Crippen LogP contribution in [0.4, 0.5) is 9.59 Å². The maximum absolute atomic E-state index is 14.4. The number of ether oxygens (including phenoxy) is 1. The number of alkyl carbamates (subject to hydrolysis) is 1. The number of carbonyl (C=O) groups is 4. The zero-order valence-electron chi connectivity index (χ0n) is 35.0. The summed E-state index contributed by atoms with van der Waals surface area (Å²) < 4.78 is 5.22. The fraction of sp³-hybridized carbons (Fsp3) is 0.457. The number of aliphatic hydroxyl groups excluding tert-OH is 1. The molecule has 2 saturated heterocycles. The van der Waals surface area contributed by atoms with Crippen LogP contribution in [0.25, 0.3) is 11.3 Å². The molecule has 5 N–H and O–H groups in total. The molecule has 0 spiro atoms. The van der Waals surface area contributed by atoms with Crippen molar-refractivity contribution in [1.82, 2.24) is 45.7 Å². The number of aliphatic hydroxyl groups is 1. The van der Waals surface area contributed by atoms with E-state index in [9.17, 15) is 24.3 Å². The number of amides is 5. The molecule has 0 radical (unpaired) electrons. The van der Waals surface area contributed by atoms with E-state index in [1.54, 1.807) is 4.90 Å². The van der Waals surface area contributed by atoms with E-state index in [-0.39, 0.29) is 66.8 Å². The molecule has 0 bridgehead atoms. The summed E-state index contributed by atoms with van der Waals surface area (Å²) in [6.45, 7) is 6.94. The molecule has 3 fully saturated rings. The fourth-order valence-corrected chi connectivity index (χ4v) is 8.27. The van der Waals surface area contributed by atoms with Crippen LogP contribution < -0.4 is 16.0 Å². The number of imidazole rings is 1. The Morgan fingerprint density at radius 2 is 1.66 bits per heavy atom. The molecule has 4 heterocycles. The highest BCUT2D eigenvalue weighted by Gasteiger charge is 2.38. The number of aromatic nitrogens is 4. The van der Waals surface area contributed by atoms with Crippen LogP contribution in [0.5, 0.6) is 0 Å². The molecule has 3 aliphatic rings. The van der Waals surface area contributed by atoms with Gasteiger partial charge < -0.3 is 40.6 Å². The molecule has 5 amide bonds. The van der Waals surface area contributed by atoms with Crippen molar-refractivity contribution in [2.75, 3.05) is 26.2 Å². The summed E-state index contributed by atoms with van der Waals surface area (Å²) in [5.41, 5.74) is 4.25. The number of nitrogens with zero attached hydrogens (tertiary/aromatic N) is 5. The monoisotopic (exact) mass is 829 g/mol. The first kappa shape index (κ1) is 42.8. The van der Waals surface area contributed by atoms with E-state index in [1.807, 2.05) is 62.2 Å². The molecule has 2 aliphatic heterocycles. The predicted octanol–water partition coefficient (Wildman–Crippen LogP) is 5.78. The van der Waals surface area contributed by atoms with Crippen molar-refractivity contribution in [3.05, 3.63) is 102 Å². The predicted molar refractivity (Wildman–Crippen MR) is 228 cm³/mol. The largest absolute Gasteiger partial charge is 0.436 e. The van der Waals surface area contributed by atoms with Gasteiger partial charge in [-0.2, -0.15) is 0 Å². The van der Waals surface area contributed by atoms with Crippen LogP contribution in [-0.4, -0.2) is 97.1 Å². The van der Waals surface area contributed by atoms with Gasteiger partial charge in [0.2, 0.25) is 5.91 Å². The van der Waals surface area contributed by atoms with E-state index in [4.69, 9.17) is 9.72 Å². The third-order valence-corrected chi connectivity index (χ3v) is 11.5. The molecule has 15 nitrogen and oxygen atoms in total. The van der Waals surface area contributed by atoms with Crippen molar-refractivity contribution in [3.8, 4) is 23.1 Å². The SMILES string of the molecule is CC(C)(C)C#CCOC(=O)N[C@@H]1CCN(C(=O)N[C@@H](C(=O)N2CCC[C@H]2c2ncc(-c3ccc(C4CCC(NC(=O)c5cnc(CO)cn5)CC4)cc3)[nH]2)c2ccccc2)C1. The van der Waals surface area contributed by atoms with Gasteiger partial charge in [-0.05, 0) is 88.3 Å². The van der Waals surface area contributed by atoms with Crippen molar-refractivity contribution in [2.45, 2.75) is 102 Å². The first-order chi connectivity index (χ1) is 29.4. The Bertz CT molecular complexity index is 2200. The van der Waals surface area contributed by atoms with Crippen LogP contribution >= 0.6 is 0 Å². The van der Waals surface area contributed by atoms with Crippen LogP contribution in [0.15, 0.2) is 73.2 Å². The molecule has 61 heavy (non-hydrogen) atoms.